The quantitative estimate of drug-likeness (QED) is 0.419. The number of fused-ring (bicyclic) bond motifs is 1. The van der Waals surface area contributed by atoms with Crippen molar-refractivity contribution in [3.05, 3.63) is 54.1 Å². The first kappa shape index (κ1) is 21.8. The van der Waals surface area contributed by atoms with Crippen LogP contribution in [0.3, 0.4) is 0 Å². The summed E-state index contributed by atoms with van der Waals surface area (Å²) in [5.74, 6) is 1.10. The summed E-state index contributed by atoms with van der Waals surface area (Å²) in [6, 6.07) is 14.5. The number of piperazine rings is 1. The number of nitrogens with one attached hydrogen (secondary N) is 2. The van der Waals surface area contributed by atoms with Crippen LogP contribution >= 0.6 is 11.8 Å². The fourth-order valence-corrected chi connectivity index (χ4v) is 4.66. The maximum Gasteiger partial charge on any atom is 0.294 e. The zero-order chi connectivity index (χ0) is 20.7. The van der Waals surface area contributed by atoms with Crippen LogP contribution in [-0.2, 0) is 10.1 Å². The Bertz CT molecular complexity index is 998. The van der Waals surface area contributed by atoms with Crippen LogP contribution < -0.4 is 5.32 Å². The van der Waals surface area contributed by atoms with Crippen molar-refractivity contribution in [1.82, 2.24) is 20.2 Å². The van der Waals surface area contributed by atoms with Crippen molar-refractivity contribution in [2.24, 2.45) is 0 Å². The van der Waals surface area contributed by atoms with E-state index >= 15 is 0 Å². The zero-order valence-electron chi connectivity index (χ0n) is 16.3. The lowest BCUT2D eigenvalue weighted by Crippen LogP contribution is -2.44. The topological polar surface area (TPSA) is 98.3 Å². The summed E-state index contributed by atoms with van der Waals surface area (Å²) in [7, 11) is -4.03. The minimum absolute atomic E-state index is 0.0278. The van der Waals surface area contributed by atoms with Gasteiger partial charge in [-0.3, -0.25) is 9.45 Å². The molecule has 4 rings (SSSR count). The number of thioether (sulfide) groups is 1. The second-order valence-corrected chi connectivity index (χ2v) is 9.21. The van der Waals surface area contributed by atoms with Gasteiger partial charge in [0.1, 0.15) is 0 Å². The van der Waals surface area contributed by atoms with Crippen molar-refractivity contribution in [2.45, 2.75) is 17.0 Å². The fourth-order valence-electron chi connectivity index (χ4n) is 3.05. The summed E-state index contributed by atoms with van der Waals surface area (Å²) < 4.78 is 29.9. The van der Waals surface area contributed by atoms with Crippen LogP contribution in [0.1, 0.15) is 5.56 Å². The second-order valence-electron chi connectivity index (χ2n) is 6.74. The summed E-state index contributed by atoms with van der Waals surface area (Å²) in [6.07, 6.45) is 0. The molecule has 9 heteroatoms. The molecule has 1 fully saturated rings. The number of H-pyrrole nitrogens is 1. The number of aryl methyl sites for hydroxylation is 1. The molecule has 0 aliphatic carbocycles. The van der Waals surface area contributed by atoms with E-state index in [1.54, 1.807) is 25.1 Å². The van der Waals surface area contributed by atoms with Crippen molar-refractivity contribution >= 4 is 32.9 Å². The molecule has 0 unspecified atom stereocenters. The van der Waals surface area contributed by atoms with Gasteiger partial charge in [0, 0.05) is 38.5 Å². The van der Waals surface area contributed by atoms with Gasteiger partial charge in [-0.2, -0.15) is 8.42 Å². The summed E-state index contributed by atoms with van der Waals surface area (Å²) >= 11 is 1.81. The number of benzene rings is 2. The van der Waals surface area contributed by atoms with Gasteiger partial charge in [0.05, 0.1) is 15.9 Å². The number of para-hydroxylation sites is 2. The Labute approximate surface area is 175 Å². The Kier molecular flexibility index (Phi) is 7.68. The molecule has 0 spiro atoms. The third-order valence-corrected chi connectivity index (χ3v) is 6.46. The lowest BCUT2D eigenvalue weighted by Gasteiger charge is -2.26. The standard InChI is InChI=1S/C13H18N4S.C7H8O3S/c1-2-4-12-11(3-1)15-13(16-12)18-10-9-17-7-5-14-6-8-17;1-6-4-2-3-5-7(6)11(8,9)10/h1-4,14H,5-10H2,(H,15,16);2-5H,1H3,(H,8,9,10). The average Bonchev–Trinajstić information content (AvgIpc) is 3.12. The molecule has 1 aliphatic rings. The van der Waals surface area contributed by atoms with E-state index < -0.39 is 10.1 Å². The lowest BCUT2D eigenvalue weighted by molar-refractivity contribution is 0.255. The van der Waals surface area contributed by atoms with E-state index in [4.69, 9.17) is 4.55 Å². The Morgan fingerprint density at radius 2 is 1.79 bits per heavy atom. The molecule has 2 heterocycles. The first-order valence-electron chi connectivity index (χ1n) is 9.47. The highest BCUT2D eigenvalue weighted by Gasteiger charge is 2.11. The highest BCUT2D eigenvalue weighted by Crippen LogP contribution is 2.19. The predicted molar refractivity (Wildman–Crippen MR) is 117 cm³/mol. The first-order valence-corrected chi connectivity index (χ1v) is 11.9. The van der Waals surface area contributed by atoms with Gasteiger partial charge in [-0.25, -0.2) is 4.98 Å². The second kappa shape index (κ2) is 10.2. The van der Waals surface area contributed by atoms with Gasteiger partial charge < -0.3 is 10.3 Å². The normalized spacial score (nSPS) is 15.1. The molecule has 2 aromatic carbocycles. The largest absolute Gasteiger partial charge is 0.333 e. The molecule has 0 radical (unpaired) electrons. The van der Waals surface area contributed by atoms with Crippen LogP contribution in [0.4, 0.5) is 0 Å². The minimum Gasteiger partial charge on any atom is -0.333 e. The maximum absolute atomic E-state index is 10.6. The highest BCUT2D eigenvalue weighted by atomic mass is 32.2. The third kappa shape index (κ3) is 6.55. The molecule has 1 aromatic heterocycles. The van der Waals surface area contributed by atoms with Gasteiger partial charge in [0.2, 0.25) is 0 Å². The van der Waals surface area contributed by atoms with E-state index in [1.807, 2.05) is 30.0 Å². The smallest absolute Gasteiger partial charge is 0.294 e. The van der Waals surface area contributed by atoms with E-state index in [0.717, 1.165) is 41.6 Å². The molecule has 29 heavy (non-hydrogen) atoms. The van der Waals surface area contributed by atoms with Gasteiger partial charge >= 0.3 is 0 Å². The molecule has 156 valence electrons. The van der Waals surface area contributed by atoms with Crippen molar-refractivity contribution in [3.63, 3.8) is 0 Å². The van der Waals surface area contributed by atoms with Crippen LogP contribution in [0, 0.1) is 6.92 Å². The van der Waals surface area contributed by atoms with Crippen molar-refractivity contribution < 1.29 is 13.0 Å². The molecule has 1 saturated heterocycles. The van der Waals surface area contributed by atoms with Crippen molar-refractivity contribution in [2.75, 3.05) is 38.5 Å². The van der Waals surface area contributed by atoms with Gasteiger partial charge in [-0.05, 0) is 30.7 Å². The Hall–Kier alpha value is -1.91. The Balaban J connectivity index is 0.000000188. The third-order valence-electron chi connectivity index (χ3n) is 4.60. The molecule has 0 amide bonds. The summed E-state index contributed by atoms with van der Waals surface area (Å²) in [5.41, 5.74) is 2.74. The molecule has 7 nitrogen and oxygen atoms in total. The molecular formula is C20H26N4O3S2. The van der Waals surface area contributed by atoms with Crippen LogP contribution in [0.15, 0.2) is 58.6 Å². The number of rotatable bonds is 5. The summed E-state index contributed by atoms with van der Waals surface area (Å²) in [5, 5.41) is 4.41. The lowest BCUT2D eigenvalue weighted by atomic mass is 10.2. The van der Waals surface area contributed by atoms with E-state index in [9.17, 15) is 8.42 Å². The predicted octanol–water partition coefficient (Wildman–Crippen LogP) is 2.80. The molecular weight excluding hydrogens is 408 g/mol. The highest BCUT2D eigenvalue weighted by molar-refractivity contribution is 7.99. The van der Waals surface area contributed by atoms with E-state index in [2.05, 4.69) is 26.3 Å². The Morgan fingerprint density at radius 3 is 2.45 bits per heavy atom. The summed E-state index contributed by atoms with van der Waals surface area (Å²) in [4.78, 5) is 10.4. The summed E-state index contributed by atoms with van der Waals surface area (Å²) in [6.45, 7) is 7.35. The molecule has 1 aliphatic heterocycles. The van der Waals surface area contributed by atoms with E-state index in [-0.39, 0.29) is 4.90 Å². The molecule has 0 saturated carbocycles. The number of imidazole rings is 1. The van der Waals surface area contributed by atoms with Gasteiger partial charge in [0.15, 0.2) is 5.16 Å². The van der Waals surface area contributed by atoms with Crippen LogP contribution in [0.5, 0.6) is 0 Å². The van der Waals surface area contributed by atoms with Crippen molar-refractivity contribution in [3.8, 4) is 0 Å². The van der Waals surface area contributed by atoms with Crippen LogP contribution in [0.2, 0.25) is 0 Å². The van der Waals surface area contributed by atoms with Crippen LogP contribution in [0.25, 0.3) is 11.0 Å². The van der Waals surface area contributed by atoms with Crippen molar-refractivity contribution in [1.29, 1.82) is 0 Å². The maximum atomic E-state index is 10.6. The number of aromatic amines is 1. The van der Waals surface area contributed by atoms with Crippen LogP contribution in [-0.4, -0.2) is 66.3 Å². The van der Waals surface area contributed by atoms with E-state index in [1.165, 1.54) is 19.2 Å². The van der Waals surface area contributed by atoms with Gasteiger partial charge in [0.25, 0.3) is 10.1 Å². The monoisotopic (exact) mass is 434 g/mol. The number of hydrogen-bond acceptors (Lipinski definition) is 6. The number of nitrogens with zero attached hydrogens (tertiary/aromatic N) is 2. The average molecular weight is 435 g/mol. The fraction of sp³-hybridized carbons (Fsp3) is 0.350. The minimum atomic E-state index is -4.03. The zero-order valence-corrected chi connectivity index (χ0v) is 18.0. The number of aromatic nitrogens is 2. The molecule has 0 atom stereocenters. The molecule has 3 N–H and O–H groups in total. The van der Waals surface area contributed by atoms with Gasteiger partial charge in [-0.15, -0.1) is 0 Å². The number of hydrogen-bond donors (Lipinski definition) is 3. The SMILES string of the molecule is Cc1ccccc1S(=O)(=O)O.c1ccc2[nH]c(SCCN3CCNCC3)nc2c1. The Morgan fingerprint density at radius 1 is 1.10 bits per heavy atom. The van der Waals surface area contributed by atoms with E-state index in [0.29, 0.717) is 5.56 Å². The molecule has 3 aromatic rings. The molecule has 0 bridgehead atoms. The first-order chi connectivity index (χ1) is 13.9. The van der Waals surface area contributed by atoms with Gasteiger partial charge in [-0.1, -0.05) is 42.1 Å².